The Kier molecular flexibility index (Phi) is 7.77. The Hall–Kier alpha value is -0.940. The van der Waals surface area contributed by atoms with E-state index in [9.17, 15) is 0 Å². The molecule has 0 amide bonds. The van der Waals surface area contributed by atoms with Crippen LogP contribution in [-0.2, 0) is 9.47 Å². The largest absolute Gasteiger partial charge is 0.383 e. The lowest BCUT2D eigenvalue weighted by molar-refractivity contribution is 0.0714. The van der Waals surface area contributed by atoms with Gasteiger partial charge < -0.3 is 15.2 Å². The average Bonchev–Trinajstić information content (AvgIpc) is 2.44. The van der Waals surface area contributed by atoms with E-state index in [1.54, 1.807) is 14.2 Å². The van der Waals surface area contributed by atoms with E-state index in [0.29, 0.717) is 19.3 Å². The van der Waals surface area contributed by atoms with Crippen LogP contribution in [0.25, 0.3) is 0 Å². The van der Waals surface area contributed by atoms with E-state index in [-0.39, 0.29) is 6.04 Å². The van der Waals surface area contributed by atoms with Crippen LogP contribution in [0.3, 0.4) is 0 Å². The Morgan fingerprint density at radius 2 is 1.80 bits per heavy atom. The van der Waals surface area contributed by atoms with E-state index in [0.717, 1.165) is 13.1 Å². The number of nitrogens with two attached hydrogens (primary N) is 1. The van der Waals surface area contributed by atoms with Gasteiger partial charge in [-0.15, -0.1) is 0 Å². The minimum Gasteiger partial charge on any atom is -0.383 e. The number of ether oxygens (including phenoxy) is 2. The quantitative estimate of drug-likeness (QED) is 0.751. The van der Waals surface area contributed by atoms with Crippen molar-refractivity contribution in [2.45, 2.75) is 25.9 Å². The van der Waals surface area contributed by atoms with Crippen molar-refractivity contribution in [3.8, 4) is 0 Å². The number of hydrogen-bond donors (Lipinski definition) is 1. The second kappa shape index (κ2) is 9.08. The number of benzene rings is 1. The van der Waals surface area contributed by atoms with Gasteiger partial charge >= 0.3 is 0 Å². The first-order chi connectivity index (χ1) is 9.58. The van der Waals surface area contributed by atoms with Crippen molar-refractivity contribution < 1.29 is 9.47 Å². The molecule has 20 heavy (non-hydrogen) atoms. The predicted molar refractivity (Wildman–Crippen MR) is 82.9 cm³/mol. The summed E-state index contributed by atoms with van der Waals surface area (Å²) in [5.41, 5.74) is 8.75. The fraction of sp³-hybridized carbons (Fsp3) is 0.625. The lowest BCUT2D eigenvalue weighted by Gasteiger charge is -2.31. The molecule has 0 aromatic heterocycles. The Balaban J connectivity index is 2.64. The van der Waals surface area contributed by atoms with E-state index in [1.807, 2.05) is 0 Å². The monoisotopic (exact) mass is 280 g/mol. The summed E-state index contributed by atoms with van der Waals surface area (Å²) in [6.45, 7) is 7.30. The number of methoxy groups -OCH3 is 2. The second-order valence-electron chi connectivity index (χ2n) is 5.31. The number of aryl methyl sites for hydroxylation is 1. The summed E-state index contributed by atoms with van der Waals surface area (Å²) in [6, 6.07) is 8.75. The fourth-order valence-electron chi connectivity index (χ4n) is 2.22. The van der Waals surface area contributed by atoms with Gasteiger partial charge in [0.05, 0.1) is 13.2 Å². The first-order valence-corrected chi connectivity index (χ1v) is 7.12. The minimum absolute atomic E-state index is 0.00626. The van der Waals surface area contributed by atoms with Crippen LogP contribution in [-0.4, -0.2) is 51.5 Å². The van der Waals surface area contributed by atoms with Crippen molar-refractivity contribution in [1.29, 1.82) is 0 Å². The molecule has 1 aromatic carbocycles. The van der Waals surface area contributed by atoms with Crippen molar-refractivity contribution in [2.24, 2.45) is 5.73 Å². The van der Waals surface area contributed by atoms with Gasteiger partial charge in [0.15, 0.2) is 0 Å². The lowest BCUT2D eigenvalue weighted by Crippen LogP contribution is -2.42. The third-order valence-corrected chi connectivity index (χ3v) is 3.55. The van der Waals surface area contributed by atoms with E-state index >= 15 is 0 Å². The molecule has 0 spiro atoms. The number of hydrogen-bond acceptors (Lipinski definition) is 4. The van der Waals surface area contributed by atoms with Crippen LogP contribution in [0.2, 0.25) is 0 Å². The minimum atomic E-state index is 0.00626. The Labute approximate surface area is 122 Å². The molecular weight excluding hydrogens is 252 g/mol. The van der Waals surface area contributed by atoms with Crippen LogP contribution in [0, 0.1) is 6.92 Å². The molecule has 2 atom stereocenters. The molecule has 0 saturated heterocycles. The summed E-state index contributed by atoms with van der Waals surface area (Å²) in [6.07, 6.45) is 0. The van der Waals surface area contributed by atoms with E-state index < -0.39 is 0 Å². The highest BCUT2D eigenvalue weighted by molar-refractivity contribution is 5.24. The summed E-state index contributed by atoms with van der Waals surface area (Å²) in [5.74, 6) is 0. The van der Waals surface area contributed by atoms with Gasteiger partial charge in [-0.05, 0) is 19.4 Å². The van der Waals surface area contributed by atoms with Gasteiger partial charge in [0.25, 0.3) is 0 Å². The smallest absolute Gasteiger partial charge is 0.0615 e. The van der Waals surface area contributed by atoms with Crippen LogP contribution >= 0.6 is 0 Å². The van der Waals surface area contributed by atoms with E-state index in [4.69, 9.17) is 15.2 Å². The highest BCUT2D eigenvalue weighted by Crippen LogP contribution is 2.14. The highest BCUT2D eigenvalue weighted by Gasteiger charge is 2.17. The van der Waals surface area contributed by atoms with Crippen molar-refractivity contribution >= 4 is 0 Å². The van der Waals surface area contributed by atoms with Gasteiger partial charge in [-0.1, -0.05) is 29.8 Å². The molecule has 1 aromatic rings. The van der Waals surface area contributed by atoms with Crippen molar-refractivity contribution in [2.75, 3.05) is 40.5 Å². The topological polar surface area (TPSA) is 47.7 Å². The summed E-state index contributed by atoms with van der Waals surface area (Å²) < 4.78 is 10.4. The number of nitrogens with zero attached hydrogens (tertiary/aromatic N) is 1. The molecule has 4 nitrogen and oxygen atoms in total. The van der Waals surface area contributed by atoms with Gasteiger partial charge in [-0.3, -0.25) is 4.90 Å². The molecule has 4 heteroatoms. The van der Waals surface area contributed by atoms with Gasteiger partial charge in [0.1, 0.15) is 0 Å². The molecule has 2 unspecified atom stereocenters. The molecule has 0 fully saturated rings. The Bertz CT molecular complexity index is 367. The highest BCUT2D eigenvalue weighted by atomic mass is 16.5. The zero-order valence-electron chi connectivity index (χ0n) is 13.1. The molecule has 0 saturated carbocycles. The van der Waals surface area contributed by atoms with Gasteiger partial charge in [-0.2, -0.15) is 0 Å². The summed E-state index contributed by atoms with van der Waals surface area (Å²) in [5, 5.41) is 0. The van der Waals surface area contributed by atoms with Gasteiger partial charge in [-0.25, -0.2) is 0 Å². The standard InChI is InChI=1S/C16H28N2O2/c1-13-5-7-15(8-6-13)16(17)11-18(9-10-19-3)14(2)12-20-4/h5-8,14,16H,9-12,17H2,1-4H3. The van der Waals surface area contributed by atoms with Crippen LogP contribution in [0.5, 0.6) is 0 Å². The summed E-state index contributed by atoms with van der Waals surface area (Å²) in [4.78, 5) is 2.32. The Morgan fingerprint density at radius 3 is 2.35 bits per heavy atom. The molecule has 0 aliphatic heterocycles. The van der Waals surface area contributed by atoms with E-state index in [1.165, 1.54) is 11.1 Å². The molecule has 114 valence electrons. The average molecular weight is 280 g/mol. The molecule has 0 bridgehead atoms. The lowest BCUT2D eigenvalue weighted by atomic mass is 10.0. The maximum Gasteiger partial charge on any atom is 0.0615 e. The van der Waals surface area contributed by atoms with Gasteiger partial charge in [0.2, 0.25) is 0 Å². The van der Waals surface area contributed by atoms with Crippen molar-refractivity contribution in [3.63, 3.8) is 0 Å². The molecule has 0 aliphatic rings. The fourth-order valence-corrected chi connectivity index (χ4v) is 2.22. The zero-order valence-corrected chi connectivity index (χ0v) is 13.1. The van der Waals surface area contributed by atoms with Crippen LogP contribution in [0.4, 0.5) is 0 Å². The maximum atomic E-state index is 6.33. The molecular formula is C16H28N2O2. The van der Waals surface area contributed by atoms with E-state index in [2.05, 4.69) is 43.0 Å². The molecule has 0 heterocycles. The van der Waals surface area contributed by atoms with Crippen LogP contribution < -0.4 is 5.73 Å². The number of rotatable bonds is 9. The molecule has 1 rings (SSSR count). The van der Waals surface area contributed by atoms with Gasteiger partial charge in [0, 0.05) is 39.4 Å². The molecule has 0 radical (unpaired) electrons. The zero-order chi connectivity index (χ0) is 15.0. The first-order valence-electron chi connectivity index (χ1n) is 7.12. The Morgan fingerprint density at radius 1 is 1.15 bits per heavy atom. The molecule has 2 N–H and O–H groups in total. The summed E-state index contributed by atoms with van der Waals surface area (Å²) >= 11 is 0. The SMILES string of the molecule is COCCN(CC(N)c1ccc(C)cc1)C(C)COC. The van der Waals surface area contributed by atoms with Crippen molar-refractivity contribution in [1.82, 2.24) is 4.90 Å². The third-order valence-electron chi connectivity index (χ3n) is 3.55. The third kappa shape index (κ3) is 5.59. The predicted octanol–water partition coefficient (Wildman–Crippen LogP) is 1.98. The maximum absolute atomic E-state index is 6.33. The van der Waals surface area contributed by atoms with Crippen molar-refractivity contribution in [3.05, 3.63) is 35.4 Å². The van der Waals surface area contributed by atoms with Crippen LogP contribution in [0.15, 0.2) is 24.3 Å². The van der Waals surface area contributed by atoms with Crippen LogP contribution in [0.1, 0.15) is 24.1 Å². The first kappa shape index (κ1) is 17.1. The normalized spacial score (nSPS) is 14.5. The second-order valence-corrected chi connectivity index (χ2v) is 5.31. The molecule has 0 aliphatic carbocycles. The summed E-state index contributed by atoms with van der Waals surface area (Å²) in [7, 11) is 3.45.